The molecule has 2 unspecified atom stereocenters. The minimum atomic E-state index is -3.42. The molecule has 1 fully saturated rings. The van der Waals surface area contributed by atoms with E-state index in [-0.39, 0.29) is 18.1 Å². The minimum Gasteiger partial charge on any atom is -0.372 e. The Morgan fingerprint density at radius 2 is 1.67 bits per heavy atom. The van der Waals surface area contributed by atoms with E-state index in [1.54, 1.807) is 44.3 Å². The zero-order valence-corrected chi connectivity index (χ0v) is 18.4. The number of carbonyl (C=O) groups excluding carboxylic acids is 1. The Hall–Kier alpha value is -2.65. The van der Waals surface area contributed by atoms with Gasteiger partial charge in [0.15, 0.2) is 0 Å². The molecular formula is C21H28N4O4S. The molecule has 162 valence electrons. The number of amides is 1. The molecule has 1 amide bonds. The van der Waals surface area contributed by atoms with Crippen LogP contribution in [0, 0.1) is 0 Å². The summed E-state index contributed by atoms with van der Waals surface area (Å²) < 4.78 is 32.1. The van der Waals surface area contributed by atoms with Gasteiger partial charge in [-0.15, -0.1) is 0 Å². The standard InChI is InChI=1S/C21H28N4O4S/c1-14(2)30(27,28)24-18-7-5-17(6-8-18)21(26)23-19-9-10-20(22-11-19)25-12-15(3)29-16(4)13-25/h5-11,14-16,24H,12-13H2,1-4H3,(H,23,26). The fraction of sp³-hybridized carbons (Fsp3) is 0.429. The van der Waals surface area contributed by atoms with Crippen LogP contribution in [0.3, 0.4) is 0 Å². The molecule has 0 radical (unpaired) electrons. The summed E-state index contributed by atoms with van der Waals surface area (Å²) in [6, 6.07) is 9.98. The molecule has 0 saturated carbocycles. The van der Waals surface area contributed by atoms with Crippen LogP contribution >= 0.6 is 0 Å². The third-order valence-corrected chi connectivity index (χ3v) is 6.54. The fourth-order valence-corrected chi connectivity index (χ4v) is 3.89. The van der Waals surface area contributed by atoms with E-state index in [9.17, 15) is 13.2 Å². The first kappa shape index (κ1) is 22.0. The van der Waals surface area contributed by atoms with E-state index in [4.69, 9.17) is 4.74 Å². The normalized spacial score (nSPS) is 19.6. The largest absolute Gasteiger partial charge is 0.372 e. The maximum absolute atomic E-state index is 12.5. The van der Waals surface area contributed by atoms with Gasteiger partial charge in [0.2, 0.25) is 10.0 Å². The highest BCUT2D eigenvalue weighted by molar-refractivity contribution is 7.93. The Labute approximate surface area is 177 Å². The van der Waals surface area contributed by atoms with Crippen LogP contribution in [0.5, 0.6) is 0 Å². The Bertz CT molecular complexity index is 965. The van der Waals surface area contributed by atoms with Crippen LogP contribution in [0.25, 0.3) is 0 Å². The van der Waals surface area contributed by atoms with E-state index >= 15 is 0 Å². The van der Waals surface area contributed by atoms with Crippen molar-refractivity contribution in [3.05, 3.63) is 48.2 Å². The maximum atomic E-state index is 12.5. The van der Waals surface area contributed by atoms with Crippen LogP contribution in [0.1, 0.15) is 38.1 Å². The summed E-state index contributed by atoms with van der Waals surface area (Å²) in [6.45, 7) is 8.83. The summed E-state index contributed by atoms with van der Waals surface area (Å²) in [4.78, 5) is 19.1. The van der Waals surface area contributed by atoms with Gasteiger partial charge in [0, 0.05) is 24.3 Å². The number of carbonyl (C=O) groups is 1. The zero-order chi connectivity index (χ0) is 21.9. The van der Waals surface area contributed by atoms with Gasteiger partial charge >= 0.3 is 0 Å². The second-order valence-corrected chi connectivity index (χ2v) is 10.0. The second-order valence-electron chi connectivity index (χ2n) is 7.79. The second kappa shape index (κ2) is 9.01. The number of morpholine rings is 1. The average molecular weight is 433 g/mol. The van der Waals surface area contributed by atoms with Crippen molar-refractivity contribution in [1.82, 2.24) is 4.98 Å². The number of nitrogens with zero attached hydrogens (tertiary/aromatic N) is 2. The summed E-state index contributed by atoms with van der Waals surface area (Å²) in [7, 11) is -3.42. The molecule has 9 heteroatoms. The lowest BCUT2D eigenvalue weighted by Crippen LogP contribution is -2.45. The van der Waals surface area contributed by atoms with Gasteiger partial charge in [0.05, 0.1) is 29.3 Å². The molecule has 1 aliphatic heterocycles. The number of nitrogens with one attached hydrogen (secondary N) is 2. The highest BCUT2D eigenvalue weighted by atomic mass is 32.2. The van der Waals surface area contributed by atoms with Gasteiger partial charge in [-0.3, -0.25) is 9.52 Å². The van der Waals surface area contributed by atoms with Crippen molar-refractivity contribution in [1.29, 1.82) is 0 Å². The molecule has 1 aromatic heterocycles. The highest BCUT2D eigenvalue weighted by Gasteiger charge is 2.23. The van der Waals surface area contributed by atoms with E-state index in [0.717, 1.165) is 18.9 Å². The Balaban J connectivity index is 1.62. The van der Waals surface area contributed by atoms with E-state index in [1.165, 1.54) is 0 Å². The van der Waals surface area contributed by atoms with Crippen molar-refractivity contribution in [2.75, 3.05) is 28.0 Å². The molecule has 1 aromatic carbocycles. The molecule has 2 N–H and O–H groups in total. The lowest BCUT2D eigenvalue weighted by atomic mass is 10.2. The predicted molar refractivity (Wildman–Crippen MR) is 119 cm³/mol. The first-order valence-corrected chi connectivity index (χ1v) is 11.5. The first-order chi connectivity index (χ1) is 14.1. The molecule has 0 bridgehead atoms. The van der Waals surface area contributed by atoms with Crippen molar-refractivity contribution in [3.8, 4) is 0 Å². The predicted octanol–water partition coefficient (Wildman–Crippen LogP) is 3.10. The maximum Gasteiger partial charge on any atom is 0.255 e. The first-order valence-electron chi connectivity index (χ1n) is 9.93. The van der Waals surface area contributed by atoms with E-state index in [1.807, 2.05) is 26.0 Å². The lowest BCUT2D eigenvalue weighted by Gasteiger charge is -2.36. The van der Waals surface area contributed by atoms with Crippen LogP contribution in [-0.4, -0.2) is 49.9 Å². The number of hydrogen-bond donors (Lipinski definition) is 2. The number of rotatable bonds is 6. The Morgan fingerprint density at radius 3 is 2.20 bits per heavy atom. The summed E-state index contributed by atoms with van der Waals surface area (Å²) in [6.07, 6.45) is 1.91. The quantitative estimate of drug-likeness (QED) is 0.728. The average Bonchev–Trinajstić information content (AvgIpc) is 2.68. The molecule has 2 aromatic rings. The molecule has 1 saturated heterocycles. The van der Waals surface area contributed by atoms with Gasteiger partial charge in [-0.1, -0.05) is 0 Å². The highest BCUT2D eigenvalue weighted by Crippen LogP contribution is 2.20. The smallest absolute Gasteiger partial charge is 0.255 e. The molecule has 2 atom stereocenters. The summed E-state index contributed by atoms with van der Waals surface area (Å²) in [5, 5.41) is 2.27. The van der Waals surface area contributed by atoms with Gasteiger partial charge in [0.25, 0.3) is 5.91 Å². The molecule has 30 heavy (non-hydrogen) atoms. The van der Waals surface area contributed by atoms with Crippen LogP contribution in [0.4, 0.5) is 17.2 Å². The number of anilines is 3. The molecule has 8 nitrogen and oxygen atoms in total. The van der Waals surface area contributed by atoms with Crippen molar-refractivity contribution in [3.63, 3.8) is 0 Å². The van der Waals surface area contributed by atoms with Crippen LogP contribution in [-0.2, 0) is 14.8 Å². The van der Waals surface area contributed by atoms with Gasteiger partial charge in [-0.05, 0) is 64.1 Å². The third-order valence-electron chi connectivity index (χ3n) is 4.78. The van der Waals surface area contributed by atoms with Crippen LogP contribution < -0.4 is 14.9 Å². The van der Waals surface area contributed by atoms with E-state index in [0.29, 0.717) is 16.9 Å². The molecule has 2 heterocycles. The minimum absolute atomic E-state index is 0.142. The number of aromatic nitrogens is 1. The molecule has 0 spiro atoms. The van der Waals surface area contributed by atoms with Gasteiger partial charge < -0.3 is 15.0 Å². The fourth-order valence-electron chi connectivity index (χ4n) is 3.19. The molecule has 3 rings (SSSR count). The number of benzene rings is 1. The summed E-state index contributed by atoms with van der Waals surface area (Å²) >= 11 is 0. The van der Waals surface area contributed by atoms with Crippen molar-refractivity contribution in [2.24, 2.45) is 0 Å². The summed E-state index contributed by atoms with van der Waals surface area (Å²) in [5.74, 6) is 0.549. The van der Waals surface area contributed by atoms with Gasteiger partial charge in [0.1, 0.15) is 5.82 Å². The lowest BCUT2D eigenvalue weighted by molar-refractivity contribution is -0.00545. The Kier molecular flexibility index (Phi) is 6.62. The van der Waals surface area contributed by atoms with Crippen LogP contribution in [0.15, 0.2) is 42.6 Å². The number of pyridine rings is 1. The third kappa shape index (κ3) is 5.48. The van der Waals surface area contributed by atoms with Gasteiger partial charge in [-0.2, -0.15) is 0 Å². The number of sulfonamides is 1. The van der Waals surface area contributed by atoms with Gasteiger partial charge in [-0.25, -0.2) is 13.4 Å². The molecule has 1 aliphatic rings. The van der Waals surface area contributed by atoms with Crippen molar-refractivity contribution < 1.29 is 17.9 Å². The summed E-state index contributed by atoms with van der Waals surface area (Å²) in [5.41, 5.74) is 1.42. The Morgan fingerprint density at radius 1 is 1.07 bits per heavy atom. The van der Waals surface area contributed by atoms with Crippen molar-refractivity contribution in [2.45, 2.75) is 45.2 Å². The molecule has 0 aliphatic carbocycles. The van der Waals surface area contributed by atoms with Crippen LogP contribution in [0.2, 0.25) is 0 Å². The SMILES string of the molecule is CC1CN(c2ccc(NC(=O)c3ccc(NS(=O)(=O)C(C)C)cc3)cn2)CC(C)O1. The topological polar surface area (TPSA) is 101 Å². The number of hydrogen-bond acceptors (Lipinski definition) is 6. The number of ether oxygens (including phenoxy) is 1. The van der Waals surface area contributed by atoms with E-state index < -0.39 is 15.3 Å². The monoisotopic (exact) mass is 432 g/mol. The zero-order valence-electron chi connectivity index (χ0n) is 17.6. The molecular weight excluding hydrogens is 404 g/mol. The van der Waals surface area contributed by atoms with E-state index in [2.05, 4.69) is 19.9 Å². The van der Waals surface area contributed by atoms with Crippen molar-refractivity contribution >= 4 is 33.1 Å².